The molecule has 7 aromatic carbocycles. The third-order valence-corrected chi connectivity index (χ3v) is 24.1. The van der Waals surface area contributed by atoms with Crippen molar-refractivity contribution >= 4 is 126 Å². The third-order valence-electron chi connectivity index (χ3n) is 19.0. The second kappa shape index (κ2) is 41.2. The molecule has 112 heavy (non-hydrogen) atoms. The number of carbonyl (C=O) groups excluding carboxylic acids is 3. The number of aryl methyl sites for hydroxylation is 6. The van der Waals surface area contributed by atoms with Gasteiger partial charge in [-0.3, -0.25) is 13.9 Å². The number of fused-ring (bicyclic) bond motifs is 2. The quantitative estimate of drug-likeness (QED) is 0.0158. The summed E-state index contributed by atoms with van der Waals surface area (Å²) in [5.41, 5.74) is 8.52. The van der Waals surface area contributed by atoms with E-state index >= 15 is 0 Å². The van der Waals surface area contributed by atoms with Crippen LogP contribution in [0, 0.1) is 41.5 Å². The molecule has 25 nitrogen and oxygen atoms in total. The maximum absolute atomic E-state index is 14.3. The molecule has 0 saturated carbocycles. The van der Waals surface area contributed by atoms with Gasteiger partial charge in [-0.1, -0.05) is 144 Å². The van der Waals surface area contributed by atoms with Crippen LogP contribution in [0.5, 0.6) is 5.75 Å². The Morgan fingerprint density at radius 3 is 1.49 bits per heavy atom. The lowest BCUT2D eigenvalue weighted by atomic mass is 10.1. The summed E-state index contributed by atoms with van der Waals surface area (Å²) in [7, 11) is -13.6. The van der Waals surface area contributed by atoms with Gasteiger partial charge in [-0.2, -0.15) is 0 Å². The maximum atomic E-state index is 14.3. The molecule has 0 bridgehead atoms. The number of aliphatic imine (C=N–C) groups is 4. The number of sulfonamides is 4. The zero-order chi connectivity index (χ0) is 81.3. The number of anilines is 4. The van der Waals surface area contributed by atoms with Crippen molar-refractivity contribution in [3.8, 4) is 5.75 Å². The van der Waals surface area contributed by atoms with Crippen LogP contribution < -0.4 is 34.6 Å². The number of benzene rings is 7. The number of nitrogens with one attached hydrogen (secondary N) is 4. The normalized spacial score (nSPS) is 13.9. The number of likely N-dealkylation sites (N-methyl/N-ethyl adjacent to an activating group) is 2. The van der Waals surface area contributed by atoms with E-state index in [9.17, 15) is 48.1 Å². The van der Waals surface area contributed by atoms with E-state index in [1.54, 1.807) is 91.9 Å². The summed E-state index contributed by atoms with van der Waals surface area (Å²) in [6.45, 7) is 20.5. The van der Waals surface area contributed by atoms with Crippen LogP contribution in [0.2, 0.25) is 0 Å². The first kappa shape index (κ1) is 87.9. The van der Waals surface area contributed by atoms with E-state index in [0.29, 0.717) is 84.4 Å². The highest BCUT2D eigenvalue weighted by atomic mass is 32.2. The summed E-state index contributed by atoms with van der Waals surface area (Å²) in [4.78, 5) is 64.8. The Balaban J connectivity index is 0.000000282. The second-order valence-electron chi connectivity index (χ2n) is 28.0. The fraction of sp³-hybridized carbons (Fsp3) is 0.410. The Hall–Kier alpha value is -9.65. The molecule has 0 aromatic heterocycles. The van der Waals surface area contributed by atoms with Gasteiger partial charge in [0.05, 0.1) is 54.0 Å². The number of ether oxygens (including phenoxy) is 2. The zero-order valence-electron chi connectivity index (χ0n) is 66.4. The Kier molecular flexibility index (Phi) is 32.4. The van der Waals surface area contributed by atoms with Gasteiger partial charge in [0.2, 0.25) is 20.0 Å². The van der Waals surface area contributed by atoms with Crippen LogP contribution >= 0.6 is 0 Å². The van der Waals surface area contributed by atoms with Crippen molar-refractivity contribution < 1.29 is 57.5 Å². The lowest BCUT2D eigenvalue weighted by Crippen LogP contribution is -2.47. The van der Waals surface area contributed by atoms with E-state index in [4.69, 9.17) is 24.5 Å². The molecule has 4 N–H and O–H groups in total. The Labute approximate surface area is 662 Å². The van der Waals surface area contributed by atoms with Crippen LogP contribution in [0.4, 0.5) is 45.5 Å². The van der Waals surface area contributed by atoms with Crippen molar-refractivity contribution in [3.05, 3.63) is 185 Å². The molecule has 2 aliphatic rings. The highest BCUT2D eigenvalue weighted by molar-refractivity contribution is 7.90. The van der Waals surface area contributed by atoms with Gasteiger partial charge in [0.15, 0.2) is 23.1 Å². The first-order valence-corrected chi connectivity index (χ1v) is 44.8. The Morgan fingerprint density at radius 1 is 0.491 bits per heavy atom. The first-order valence-electron chi connectivity index (χ1n) is 38.2. The lowest BCUT2D eigenvalue weighted by molar-refractivity contribution is -0.111. The highest BCUT2D eigenvalue weighted by Crippen LogP contribution is 2.37. The molecule has 29 heteroatoms. The van der Waals surface area contributed by atoms with Crippen LogP contribution in [0.25, 0.3) is 0 Å². The van der Waals surface area contributed by atoms with Crippen molar-refractivity contribution in [3.63, 3.8) is 0 Å². The molecule has 0 fully saturated rings. The van der Waals surface area contributed by atoms with E-state index < -0.39 is 57.9 Å². The summed E-state index contributed by atoms with van der Waals surface area (Å²) in [5.74, 6) is -1.44. The fourth-order valence-electron chi connectivity index (χ4n) is 12.7. The van der Waals surface area contributed by atoms with Gasteiger partial charge in [-0.25, -0.2) is 72.2 Å². The standard InChI is InChI=1S/C44H62N6O7S2.C39H46N6O6S2/c1-7-9-10-11-12-13-14-15-16-17-18-21-30-57-44(52)35-25-24-33(3)39(32-35)48-43(51)41(42-47-38-22-19-20-23-40(38)59(55,56)49(42)5)46-37-27-26-36(31-34(37)4)50(8-2)29-28-45-58(6,53)54;1-7-44(23-21-40-52(6,47)48)31-18-19-33(29(4)26-31)41-37(39(46)43-32-14-9-8-13-28(32)3)38-42-34-15-10-11-16-36(34)53(49,50)45(38)22-12-24-51-35-20-17-27(2)25-30(35)5/h19-20,22-27,31-32,45H,7-18,21,28-30H2,1-6H3,(H,48,51);8-11,13-20,25-26,40H,7,12,21-24H2,1-6H3,(H,43,46). The van der Waals surface area contributed by atoms with Crippen molar-refractivity contribution in [2.45, 2.75) is 156 Å². The number of amides is 2. The summed E-state index contributed by atoms with van der Waals surface area (Å²) in [6.07, 6.45) is 17.0. The lowest BCUT2D eigenvalue weighted by Gasteiger charge is -2.30. The average molecular weight is 1610 g/mol. The largest absolute Gasteiger partial charge is 0.493 e. The van der Waals surface area contributed by atoms with E-state index in [0.717, 1.165) is 68.4 Å². The predicted octanol–water partition coefficient (Wildman–Crippen LogP) is 14.8. The van der Waals surface area contributed by atoms with Crippen molar-refractivity contribution in [2.24, 2.45) is 20.0 Å². The van der Waals surface area contributed by atoms with E-state index in [2.05, 4.69) is 32.0 Å². The number of nitrogens with zero attached hydrogens (tertiary/aromatic N) is 8. The van der Waals surface area contributed by atoms with Crippen LogP contribution in [0.3, 0.4) is 0 Å². The highest BCUT2D eigenvalue weighted by Gasteiger charge is 2.39. The van der Waals surface area contributed by atoms with E-state index in [1.807, 2.05) is 107 Å². The van der Waals surface area contributed by atoms with E-state index in [-0.39, 0.29) is 76.1 Å². The molecular formula is C83H108N12O13S4. The maximum Gasteiger partial charge on any atom is 0.338 e. The van der Waals surface area contributed by atoms with Gasteiger partial charge in [0.25, 0.3) is 31.9 Å². The van der Waals surface area contributed by atoms with Crippen LogP contribution in [0.15, 0.2) is 175 Å². The van der Waals surface area contributed by atoms with Gasteiger partial charge >= 0.3 is 5.97 Å². The average Bonchev–Trinajstić information content (AvgIpc) is 0.753. The van der Waals surface area contributed by atoms with Crippen LogP contribution in [-0.4, -0.2) is 162 Å². The van der Waals surface area contributed by atoms with Gasteiger partial charge in [0, 0.05) is 82.0 Å². The van der Waals surface area contributed by atoms with Crippen LogP contribution in [-0.2, 0) is 54.4 Å². The number of rotatable bonds is 39. The summed E-state index contributed by atoms with van der Waals surface area (Å²) >= 11 is 0. The molecule has 2 amide bonds. The summed E-state index contributed by atoms with van der Waals surface area (Å²) in [5, 5.41) is 5.79. The van der Waals surface area contributed by atoms with Crippen molar-refractivity contribution in [1.82, 2.24) is 18.1 Å². The molecule has 7 aromatic rings. The molecule has 0 spiro atoms. The molecule has 9 rings (SSSR count). The smallest absolute Gasteiger partial charge is 0.338 e. The molecule has 2 aliphatic heterocycles. The number of hydrogen-bond acceptors (Lipinski definition) is 19. The number of carbonyl (C=O) groups is 3. The first-order chi connectivity index (χ1) is 53.3. The fourth-order valence-corrected chi connectivity index (χ4v) is 16.5. The predicted molar refractivity (Wildman–Crippen MR) is 451 cm³/mol. The Bertz CT molecular complexity index is 5090. The second-order valence-corrected chi connectivity index (χ2v) is 35.4. The molecule has 0 saturated heterocycles. The molecule has 0 radical (unpaired) electrons. The van der Waals surface area contributed by atoms with Crippen LogP contribution in [0.1, 0.15) is 148 Å². The SMILES string of the molecule is CCCCCCCCCCCCCCOC(=O)c1ccc(C)c(NC(=O)C(=Nc2ccc(N(CC)CCNS(C)(=O)=O)cc2C)C2=Nc3ccccc3S(=O)(=O)N2C)c1.CCN(CCNS(C)(=O)=O)c1ccc(N=C(C(=O)Nc2ccccc2C)C2=Nc3ccccc3S(=O)(=O)N2CCCOc2ccc(C)cc2C)c(C)c1. The number of hydrogen-bond donors (Lipinski definition) is 4. The molecule has 602 valence electrons. The van der Waals surface area contributed by atoms with Gasteiger partial charge in [0.1, 0.15) is 15.5 Å². The van der Waals surface area contributed by atoms with Crippen molar-refractivity contribution in [2.75, 3.05) is 99.0 Å². The zero-order valence-corrected chi connectivity index (χ0v) is 69.7. The molecular weight excluding hydrogens is 1500 g/mol. The minimum absolute atomic E-state index is 0.00196. The van der Waals surface area contributed by atoms with E-state index in [1.165, 1.54) is 77.0 Å². The number of para-hydroxylation sites is 3. The van der Waals surface area contributed by atoms with Gasteiger partial charge < -0.3 is 29.9 Å². The Morgan fingerprint density at radius 2 is 0.973 bits per heavy atom. The number of esters is 1. The van der Waals surface area contributed by atoms with Gasteiger partial charge in [-0.15, -0.1) is 0 Å². The molecule has 0 unspecified atom stereocenters. The summed E-state index contributed by atoms with van der Waals surface area (Å²) in [6, 6.07) is 41.7. The molecule has 0 aliphatic carbocycles. The number of unbranched alkanes of at least 4 members (excludes halogenated alkanes) is 11. The topological polar surface area (TPSA) is 317 Å². The third kappa shape index (κ3) is 24.9. The molecule has 2 heterocycles. The minimum atomic E-state index is -4.16. The monoisotopic (exact) mass is 1610 g/mol. The van der Waals surface area contributed by atoms with Gasteiger partial charge in [-0.05, 0) is 175 Å². The number of amidine groups is 2. The minimum Gasteiger partial charge on any atom is -0.493 e. The van der Waals surface area contributed by atoms with Crippen molar-refractivity contribution in [1.29, 1.82) is 0 Å². The molecule has 0 atom stereocenters. The summed E-state index contributed by atoms with van der Waals surface area (Å²) < 4.78 is 121.